The number of H-pyrrole nitrogens is 1. The van der Waals surface area contributed by atoms with E-state index in [0.717, 1.165) is 16.4 Å². The van der Waals surface area contributed by atoms with E-state index >= 15 is 0 Å². The summed E-state index contributed by atoms with van der Waals surface area (Å²) in [6, 6.07) is 7.79. The van der Waals surface area contributed by atoms with Crippen molar-refractivity contribution in [1.29, 1.82) is 0 Å². The van der Waals surface area contributed by atoms with Crippen molar-refractivity contribution in [2.75, 3.05) is 11.9 Å². The first-order valence-corrected chi connectivity index (χ1v) is 5.76. The Hall–Kier alpha value is -1.60. The normalized spacial score (nSPS) is 10.2. The molecule has 0 aliphatic carbocycles. The van der Waals surface area contributed by atoms with Gasteiger partial charge in [-0.25, -0.2) is 4.68 Å². The SMILES string of the molecule is CC(=S)N(C)c1ccc(-n2[nH]nnc2=S)cc1. The summed E-state index contributed by atoms with van der Waals surface area (Å²) in [5.74, 6) is 0. The second kappa shape index (κ2) is 4.72. The minimum Gasteiger partial charge on any atom is -0.339 e. The van der Waals surface area contributed by atoms with Gasteiger partial charge in [-0.1, -0.05) is 22.5 Å². The molecule has 88 valence electrons. The lowest BCUT2D eigenvalue weighted by Gasteiger charge is -2.17. The van der Waals surface area contributed by atoms with Crippen molar-refractivity contribution in [3.05, 3.63) is 29.0 Å². The number of aromatic nitrogens is 4. The first-order chi connectivity index (χ1) is 8.09. The summed E-state index contributed by atoms with van der Waals surface area (Å²) < 4.78 is 2.03. The molecule has 0 saturated heterocycles. The number of anilines is 1. The third kappa shape index (κ3) is 2.40. The van der Waals surface area contributed by atoms with Crippen molar-refractivity contribution < 1.29 is 0 Å². The van der Waals surface area contributed by atoms with Crippen molar-refractivity contribution in [3.8, 4) is 5.69 Å². The summed E-state index contributed by atoms with van der Waals surface area (Å²) in [6.45, 7) is 1.89. The van der Waals surface area contributed by atoms with Crippen LogP contribution in [0.5, 0.6) is 0 Å². The maximum Gasteiger partial charge on any atom is 0.242 e. The van der Waals surface area contributed by atoms with E-state index < -0.39 is 0 Å². The molecule has 1 aromatic carbocycles. The van der Waals surface area contributed by atoms with Gasteiger partial charge in [0.1, 0.15) is 0 Å². The molecule has 2 rings (SSSR count). The van der Waals surface area contributed by atoms with Gasteiger partial charge in [0.05, 0.1) is 10.7 Å². The number of hydrogen-bond acceptors (Lipinski definition) is 4. The molecule has 2 aromatic rings. The van der Waals surface area contributed by atoms with Crippen LogP contribution in [0.15, 0.2) is 24.3 Å². The Morgan fingerprint density at radius 2 is 2.00 bits per heavy atom. The van der Waals surface area contributed by atoms with Gasteiger partial charge < -0.3 is 4.90 Å². The molecule has 0 unspecified atom stereocenters. The molecule has 0 atom stereocenters. The van der Waals surface area contributed by atoms with Crippen molar-refractivity contribution >= 4 is 35.1 Å². The Balaban J connectivity index is 2.34. The standard InChI is InChI=1S/C10H11N5S2/c1-7(16)14(2)8-3-5-9(6-4-8)15-10(17)11-12-13-15/h3-6H,1-2H3,(H,11,13,17). The van der Waals surface area contributed by atoms with Gasteiger partial charge in [-0.2, -0.15) is 5.21 Å². The van der Waals surface area contributed by atoms with E-state index in [9.17, 15) is 0 Å². The number of benzene rings is 1. The lowest BCUT2D eigenvalue weighted by Crippen LogP contribution is -2.20. The van der Waals surface area contributed by atoms with Crippen LogP contribution in [0.2, 0.25) is 0 Å². The number of nitrogens with zero attached hydrogens (tertiary/aromatic N) is 4. The monoisotopic (exact) mass is 265 g/mol. The fourth-order valence-electron chi connectivity index (χ4n) is 1.37. The van der Waals surface area contributed by atoms with Gasteiger partial charge in [0.2, 0.25) is 4.77 Å². The van der Waals surface area contributed by atoms with Crippen LogP contribution in [0.25, 0.3) is 5.69 Å². The Labute approximate surface area is 109 Å². The van der Waals surface area contributed by atoms with Crippen molar-refractivity contribution in [1.82, 2.24) is 20.2 Å². The summed E-state index contributed by atoms with van der Waals surface area (Å²) in [5, 5.41) is 10.1. The Morgan fingerprint density at radius 3 is 2.47 bits per heavy atom. The molecule has 0 amide bonds. The fraction of sp³-hybridized carbons (Fsp3) is 0.200. The van der Waals surface area contributed by atoms with Crippen LogP contribution in [0.1, 0.15) is 6.92 Å². The highest BCUT2D eigenvalue weighted by atomic mass is 32.1. The lowest BCUT2D eigenvalue weighted by molar-refractivity contribution is 0.786. The summed E-state index contributed by atoms with van der Waals surface area (Å²) in [6.07, 6.45) is 0. The molecule has 1 heterocycles. The van der Waals surface area contributed by atoms with E-state index in [1.807, 2.05) is 43.1 Å². The molecule has 1 aromatic heterocycles. The molecule has 0 saturated carbocycles. The topological polar surface area (TPSA) is 49.7 Å². The van der Waals surface area contributed by atoms with Crippen LogP contribution >= 0.6 is 24.4 Å². The van der Waals surface area contributed by atoms with Crippen molar-refractivity contribution in [2.24, 2.45) is 0 Å². The molecule has 1 N–H and O–H groups in total. The molecule has 7 heteroatoms. The van der Waals surface area contributed by atoms with Crippen LogP contribution in [-0.4, -0.2) is 32.2 Å². The Morgan fingerprint density at radius 1 is 1.35 bits per heavy atom. The lowest BCUT2D eigenvalue weighted by atomic mass is 10.2. The number of tetrazole rings is 1. The first kappa shape index (κ1) is 11.9. The molecular formula is C10H11N5S2. The van der Waals surface area contributed by atoms with Crippen LogP contribution in [0.3, 0.4) is 0 Å². The first-order valence-electron chi connectivity index (χ1n) is 4.94. The predicted molar refractivity (Wildman–Crippen MR) is 73.2 cm³/mol. The van der Waals surface area contributed by atoms with Crippen LogP contribution in [-0.2, 0) is 0 Å². The number of aromatic amines is 1. The molecular weight excluding hydrogens is 254 g/mol. The molecule has 0 radical (unpaired) electrons. The molecule has 0 aliphatic heterocycles. The number of rotatable bonds is 2. The highest BCUT2D eigenvalue weighted by Crippen LogP contribution is 2.16. The van der Waals surface area contributed by atoms with Gasteiger partial charge in [0, 0.05) is 12.7 Å². The smallest absolute Gasteiger partial charge is 0.242 e. The average molecular weight is 265 g/mol. The minimum atomic E-state index is 0.400. The third-order valence-electron chi connectivity index (χ3n) is 2.44. The zero-order valence-electron chi connectivity index (χ0n) is 9.41. The second-order valence-electron chi connectivity index (χ2n) is 3.51. The van der Waals surface area contributed by atoms with Crippen molar-refractivity contribution in [2.45, 2.75) is 6.92 Å². The van der Waals surface area contributed by atoms with Gasteiger partial charge in [0.25, 0.3) is 0 Å². The van der Waals surface area contributed by atoms with Gasteiger partial charge >= 0.3 is 0 Å². The highest BCUT2D eigenvalue weighted by Gasteiger charge is 2.04. The molecule has 0 spiro atoms. The largest absolute Gasteiger partial charge is 0.339 e. The van der Waals surface area contributed by atoms with Gasteiger partial charge in [0.15, 0.2) is 0 Å². The van der Waals surface area contributed by atoms with E-state index in [-0.39, 0.29) is 0 Å². The zero-order valence-corrected chi connectivity index (χ0v) is 11.0. The van der Waals surface area contributed by atoms with Crippen LogP contribution < -0.4 is 4.90 Å². The summed E-state index contributed by atoms with van der Waals surface area (Å²) in [4.78, 5) is 2.75. The van der Waals surface area contributed by atoms with Gasteiger partial charge in [-0.15, -0.1) is 0 Å². The quantitative estimate of drug-likeness (QED) is 0.843. The Bertz CT molecular complexity index is 583. The number of hydrogen-bond donors (Lipinski definition) is 1. The van der Waals surface area contributed by atoms with E-state index in [0.29, 0.717) is 4.77 Å². The second-order valence-corrected chi connectivity index (χ2v) is 4.47. The maximum atomic E-state index is 5.11. The fourth-order valence-corrected chi connectivity index (χ4v) is 1.67. The average Bonchev–Trinajstić information content (AvgIpc) is 2.74. The molecule has 0 bridgehead atoms. The minimum absolute atomic E-state index is 0.400. The van der Waals surface area contributed by atoms with Crippen LogP contribution in [0.4, 0.5) is 5.69 Å². The van der Waals surface area contributed by atoms with Gasteiger partial charge in [-0.3, -0.25) is 0 Å². The maximum absolute atomic E-state index is 5.11. The summed E-state index contributed by atoms with van der Waals surface area (Å²) in [5.41, 5.74) is 1.92. The van der Waals surface area contributed by atoms with Gasteiger partial charge in [-0.05, 0) is 43.4 Å². The Kier molecular flexibility index (Phi) is 3.30. The molecule has 0 aliphatic rings. The number of nitrogens with one attached hydrogen (secondary N) is 1. The number of thiocarbonyl (C=S) groups is 1. The van der Waals surface area contributed by atoms with E-state index in [4.69, 9.17) is 24.4 Å². The third-order valence-corrected chi connectivity index (χ3v) is 2.98. The zero-order chi connectivity index (χ0) is 12.4. The van der Waals surface area contributed by atoms with E-state index in [1.54, 1.807) is 4.68 Å². The summed E-state index contributed by atoms with van der Waals surface area (Å²) in [7, 11) is 1.93. The summed E-state index contributed by atoms with van der Waals surface area (Å²) >= 11 is 10.1. The predicted octanol–water partition coefficient (Wildman–Crippen LogP) is 2.11. The highest BCUT2D eigenvalue weighted by molar-refractivity contribution is 7.80. The van der Waals surface area contributed by atoms with Crippen molar-refractivity contribution in [3.63, 3.8) is 0 Å². The van der Waals surface area contributed by atoms with Crippen LogP contribution in [0, 0.1) is 4.77 Å². The molecule has 5 nitrogen and oxygen atoms in total. The van der Waals surface area contributed by atoms with E-state index in [2.05, 4.69) is 15.5 Å². The van der Waals surface area contributed by atoms with E-state index in [1.165, 1.54) is 0 Å². The molecule has 0 fully saturated rings. The molecule has 17 heavy (non-hydrogen) atoms.